The monoisotopic (exact) mass is 282 g/mol. The van der Waals surface area contributed by atoms with Crippen LogP contribution in [0.2, 0.25) is 0 Å². The summed E-state index contributed by atoms with van der Waals surface area (Å²) in [7, 11) is 1.83. The van der Waals surface area contributed by atoms with Gasteiger partial charge >= 0.3 is 0 Å². The van der Waals surface area contributed by atoms with Gasteiger partial charge in [-0.1, -0.05) is 6.92 Å². The van der Waals surface area contributed by atoms with E-state index < -0.39 is 0 Å². The third-order valence-electron chi connectivity index (χ3n) is 4.18. The standard InChI is InChI=1S/C15H26N2O3/c1-14(2,3)17-7-11(6-12(17)18)13(19)16(5)8-15(4)9-20-10-15/h11H,6-10H2,1-5H3/t11-/m0/s1. The molecule has 114 valence electrons. The zero-order chi connectivity index (χ0) is 15.1. The molecule has 2 saturated heterocycles. The number of hydrogen-bond acceptors (Lipinski definition) is 3. The van der Waals surface area contributed by atoms with Gasteiger partial charge in [0.15, 0.2) is 0 Å². The Morgan fingerprint density at radius 3 is 2.45 bits per heavy atom. The Labute approximate surface area is 121 Å². The molecule has 2 heterocycles. The molecular formula is C15H26N2O3. The summed E-state index contributed by atoms with van der Waals surface area (Å²) in [5, 5.41) is 0. The highest BCUT2D eigenvalue weighted by Gasteiger charge is 2.42. The zero-order valence-electron chi connectivity index (χ0n) is 13.2. The van der Waals surface area contributed by atoms with E-state index in [4.69, 9.17) is 4.74 Å². The van der Waals surface area contributed by atoms with E-state index in [1.165, 1.54) is 0 Å². The lowest BCUT2D eigenvalue weighted by Gasteiger charge is -2.41. The Kier molecular flexibility index (Phi) is 3.84. The van der Waals surface area contributed by atoms with Crippen LogP contribution in [-0.4, -0.2) is 60.5 Å². The Morgan fingerprint density at radius 2 is 2.05 bits per heavy atom. The van der Waals surface area contributed by atoms with Crippen molar-refractivity contribution in [1.82, 2.24) is 9.80 Å². The molecule has 1 atom stereocenters. The van der Waals surface area contributed by atoms with Crippen LogP contribution in [-0.2, 0) is 14.3 Å². The van der Waals surface area contributed by atoms with E-state index in [-0.39, 0.29) is 28.7 Å². The van der Waals surface area contributed by atoms with Crippen LogP contribution in [0.3, 0.4) is 0 Å². The summed E-state index contributed by atoms with van der Waals surface area (Å²) in [6.07, 6.45) is 0.341. The van der Waals surface area contributed by atoms with E-state index in [0.717, 1.165) is 0 Å². The van der Waals surface area contributed by atoms with E-state index in [9.17, 15) is 9.59 Å². The summed E-state index contributed by atoms with van der Waals surface area (Å²) in [6, 6.07) is 0. The first-order valence-electron chi connectivity index (χ1n) is 7.26. The molecular weight excluding hydrogens is 256 g/mol. The highest BCUT2D eigenvalue weighted by Crippen LogP contribution is 2.30. The molecule has 0 aromatic carbocycles. The van der Waals surface area contributed by atoms with Crippen molar-refractivity contribution in [3.05, 3.63) is 0 Å². The number of carbonyl (C=O) groups is 2. The molecule has 2 aliphatic rings. The highest BCUT2D eigenvalue weighted by atomic mass is 16.5. The predicted octanol–water partition coefficient (Wildman–Crippen LogP) is 1.13. The first kappa shape index (κ1) is 15.3. The normalized spacial score (nSPS) is 25.6. The highest BCUT2D eigenvalue weighted by molar-refractivity contribution is 5.89. The molecule has 20 heavy (non-hydrogen) atoms. The molecule has 0 aromatic rings. The van der Waals surface area contributed by atoms with Crippen molar-refractivity contribution < 1.29 is 14.3 Å². The second-order valence-electron chi connectivity index (χ2n) is 7.57. The van der Waals surface area contributed by atoms with Gasteiger partial charge in [0.2, 0.25) is 11.8 Å². The van der Waals surface area contributed by atoms with Crippen molar-refractivity contribution >= 4 is 11.8 Å². The minimum atomic E-state index is -0.210. The van der Waals surface area contributed by atoms with Gasteiger partial charge in [0, 0.05) is 37.5 Å². The summed E-state index contributed by atoms with van der Waals surface area (Å²) < 4.78 is 5.22. The van der Waals surface area contributed by atoms with Crippen molar-refractivity contribution in [3.8, 4) is 0 Å². The number of amides is 2. The summed E-state index contributed by atoms with van der Waals surface area (Å²) in [6.45, 7) is 10.8. The largest absolute Gasteiger partial charge is 0.380 e. The lowest BCUT2D eigenvalue weighted by Crippen LogP contribution is -2.50. The van der Waals surface area contributed by atoms with Crippen LogP contribution in [0.4, 0.5) is 0 Å². The molecule has 0 aliphatic carbocycles. The van der Waals surface area contributed by atoms with E-state index in [0.29, 0.717) is 32.7 Å². The third kappa shape index (κ3) is 2.97. The van der Waals surface area contributed by atoms with Crippen molar-refractivity contribution in [1.29, 1.82) is 0 Å². The van der Waals surface area contributed by atoms with Gasteiger partial charge in [-0.15, -0.1) is 0 Å². The molecule has 0 N–H and O–H groups in total. The molecule has 2 amide bonds. The van der Waals surface area contributed by atoms with Gasteiger partial charge in [-0.25, -0.2) is 0 Å². The molecule has 2 aliphatic heterocycles. The van der Waals surface area contributed by atoms with Crippen molar-refractivity contribution in [2.24, 2.45) is 11.3 Å². The number of nitrogens with zero attached hydrogens (tertiary/aromatic N) is 2. The van der Waals surface area contributed by atoms with Gasteiger partial charge in [-0.2, -0.15) is 0 Å². The van der Waals surface area contributed by atoms with Gasteiger partial charge in [-0.3, -0.25) is 9.59 Å². The smallest absolute Gasteiger partial charge is 0.227 e. The lowest BCUT2D eigenvalue weighted by molar-refractivity contribution is -0.145. The van der Waals surface area contributed by atoms with E-state index in [1.807, 2.05) is 32.7 Å². The summed E-state index contributed by atoms with van der Waals surface area (Å²) in [5.74, 6) is -0.0306. The summed E-state index contributed by atoms with van der Waals surface area (Å²) >= 11 is 0. The average Bonchev–Trinajstić information content (AvgIpc) is 2.67. The van der Waals surface area contributed by atoms with Crippen LogP contribution in [0.1, 0.15) is 34.1 Å². The van der Waals surface area contributed by atoms with Gasteiger partial charge in [-0.05, 0) is 20.8 Å². The van der Waals surface area contributed by atoms with E-state index >= 15 is 0 Å². The molecule has 5 heteroatoms. The molecule has 5 nitrogen and oxygen atoms in total. The fourth-order valence-corrected chi connectivity index (χ4v) is 3.03. The van der Waals surface area contributed by atoms with Crippen molar-refractivity contribution in [3.63, 3.8) is 0 Å². The Balaban J connectivity index is 1.95. The van der Waals surface area contributed by atoms with Crippen LogP contribution in [0.5, 0.6) is 0 Å². The molecule has 0 bridgehead atoms. The summed E-state index contributed by atoms with van der Waals surface area (Å²) in [4.78, 5) is 28.1. The second-order valence-corrected chi connectivity index (χ2v) is 7.57. The van der Waals surface area contributed by atoms with Crippen LogP contribution in [0.15, 0.2) is 0 Å². The molecule has 2 rings (SSSR count). The Hall–Kier alpha value is -1.10. The number of likely N-dealkylation sites (tertiary alicyclic amines) is 1. The van der Waals surface area contributed by atoms with E-state index in [2.05, 4.69) is 6.92 Å². The molecule has 0 unspecified atom stereocenters. The van der Waals surface area contributed by atoms with Crippen LogP contribution >= 0.6 is 0 Å². The third-order valence-corrected chi connectivity index (χ3v) is 4.18. The zero-order valence-corrected chi connectivity index (χ0v) is 13.2. The maximum Gasteiger partial charge on any atom is 0.227 e. The van der Waals surface area contributed by atoms with E-state index in [1.54, 1.807) is 4.90 Å². The molecule has 0 aromatic heterocycles. The number of rotatable bonds is 3. The van der Waals surface area contributed by atoms with Crippen LogP contribution < -0.4 is 0 Å². The van der Waals surface area contributed by atoms with Gasteiger partial charge < -0.3 is 14.5 Å². The lowest BCUT2D eigenvalue weighted by atomic mass is 9.88. The van der Waals surface area contributed by atoms with Gasteiger partial charge in [0.1, 0.15) is 0 Å². The average molecular weight is 282 g/mol. The minimum absolute atomic E-state index is 0.0801. The predicted molar refractivity (Wildman–Crippen MR) is 76.1 cm³/mol. The fourth-order valence-electron chi connectivity index (χ4n) is 3.03. The fraction of sp³-hybridized carbons (Fsp3) is 0.867. The van der Waals surface area contributed by atoms with Gasteiger partial charge in [0.05, 0.1) is 19.1 Å². The second kappa shape index (κ2) is 5.02. The number of carbonyl (C=O) groups excluding carboxylic acids is 2. The van der Waals surface area contributed by atoms with Gasteiger partial charge in [0.25, 0.3) is 0 Å². The number of hydrogen-bond donors (Lipinski definition) is 0. The van der Waals surface area contributed by atoms with Crippen LogP contribution in [0, 0.1) is 11.3 Å². The first-order valence-corrected chi connectivity index (χ1v) is 7.26. The SMILES string of the molecule is CN(CC1(C)COC1)C(=O)[C@H]1CC(=O)N(C(C)(C)C)C1. The van der Waals surface area contributed by atoms with Crippen LogP contribution in [0.25, 0.3) is 0 Å². The quantitative estimate of drug-likeness (QED) is 0.779. The Bertz CT molecular complexity index is 410. The topological polar surface area (TPSA) is 49.9 Å². The maximum absolute atomic E-state index is 12.5. The minimum Gasteiger partial charge on any atom is -0.380 e. The molecule has 2 fully saturated rings. The first-order chi connectivity index (χ1) is 9.12. The van der Waals surface area contributed by atoms with Crippen molar-refractivity contribution in [2.75, 3.05) is 33.4 Å². The summed E-state index contributed by atoms with van der Waals surface area (Å²) in [5.41, 5.74) is -0.130. The molecule has 0 spiro atoms. The Morgan fingerprint density at radius 1 is 1.45 bits per heavy atom. The maximum atomic E-state index is 12.5. The number of ether oxygens (including phenoxy) is 1. The molecule has 0 radical (unpaired) electrons. The van der Waals surface area contributed by atoms with Crippen molar-refractivity contribution in [2.45, 2.75) is 39.7 Å². The molecule has 0 saturated carbocycles.